The summed E-state index contributed by atoms with van der Waals surface area (Å²) in [7, 11) is 0. The molecule has 143 valence electrons. The predicted molar refractivity (Wildman–Crippen MR) is 113 cm³/mol. The van der Waals surface area contributed by atoms with Crippen molar-refractivity contribution >= 4 is 11.4 Å². The molecule has 1 aliphatic heterocycles. The van der Waals surface area contributed by atoms with Crippen LogP contribution in [0.25, 0.3) is 0 Å². The quantitative estimate of drug-likeness (QED) is 0.429. The van der Waals surface area contributed by atoms with E-state index in [-0.39, 0.29) is 0 Å². The van der Waals surface area contributed by atoms with Crippen molar-refractivity contribution in [2.45, 2.75) is 83.5 Å². The van der Waals surface area contributed by atoms with Crippen LogP contribution in [-0.4, -0.2) is 0 Å². The van der Waals surface area contributed by atoms with Crippen LogP contribution >= 0.6 is 0 Å². The number of ether oxygens (including phenoxy) is 1. The fraction of sp³-hybridized carbons (Fsp3) is 0.520. The lowest BCUT2D eigenvalue weighted by Crippen LogP contribution is -2.10. The highest BCUT2D eigenvalue weighted by Crippen LogP contribution is 2.48. The van der Waals surface area contributed by atoms with Crippen molar-refractivity contribution in [2.75, 3.05) is 0 Å². The van der Waals surface area contributed by atoms with E-state index in [9.17, 15) is 0 Å². The number of fused-ring (bicyclic) bond motifs is 2. The first-order valence-corrected chi connectivity index (χ1v) is 10.9. The zero-order valence-corrected chi connectivity index (χ0v) is 16.7. The molecule has 0 saturated heterocycles. The maximum atomic E-state index is 6.21. The molecule has 2 aromatic rings. The minimum atomic E-state index is 0.608. The van der Waals surface area contributed by atoms with Gasteiger partial charge in [0.25, 0.3) is 0 Å². The Morgan fingerprint density at radius 3 is 2.07 bits per heavy atom. The van der Waals surface area contributed by atoms with Gasteiger partial charge >= 0.3 is 0 Å². The number of para-hydroxylation sites is 2. The molecule has 0 amide bonds. The molecule has 1 radical (unpaired) electrons. The zero-order valence-electron chi connectivity index (χ0n) is 16.7. The SMILES string of the molecule is Cc1ccc2c(c1C1CCCCCCCCCCC1)[N]c1ccccc1O2. The first kappa shape index (κ1) is 18.4. The van der Waals surface area contributed by atoms with Crippen molar-refractivity contribution in [3.05, 3.63) is 47.5 Å². The van der Waals surface area contributed by atoms with Crippen molar-refractivity contribution in [3.8, 4) is 11.5 Å². The second kappa shape index (κ2) is 8.82. The number of hydrogen-bond donors (Lipinski definition) is 0. The van der Waals surface area contributed by atoms with E-state index in [1.54, 1.807) is 0 Å². The molecule has 0 bridgehead atoms. The summed E-state index contributed by atoms with van der Waals surface area (Å²) >= 11 is 0. The van der Waals surface area contributed by atoms with Crippen LogP contribution in [0, 0.1) is 6.92 Å². The van der Waals surface area contributed by atoms with Gasteiger partial charge in [-0.2, -0.15) is 0 Å². The summed E-state index contributed by atoms with van der Waals surface area (Å²) in [5.41, 5.74) is 4.87. The van der Waals surface area contributed by atoms with E-state index in [0.717, 1.165) is 22.9 Å². The predicted octanol–water partition coefficient (Wildman–Crippen LogP) is 8.06. The lowest BCUT2D eigenvalue weighted by atomic mass is 9.84. The molecule has 1 fully saturated rings. The van der Waals surface area contributed by atoms with Crippen LogP contribution in [-0.2, 0) is 0 Å². The van der Waals surface area contributed by atoms with Crippen LogP contribution in [0.4, 0.5) is 11.4 Å². The molecule has 2 aromatic carbocycles. The second-order valence-electron chi connectivity index (χ2n) is 8.28. The van der Waals surface area contributed by atoms with Crippen LogP contribution < -0.4 is 10.1 Å². The van der Waals surface area contributed by atoms with Gasteiger partial charge in [0.1, 0.15) is 11.4 Å². The van der Waals surface area contributed by atoms with E-state index < -0.39 is 0 Å². The third kappa shape index (κ3) is 4.31. The first-order chi connectivity index (χ1) is 13.3. The van der Waals surface area contributed by atoms with Gasteiger partial charge in [-0.3, -0.25) is 0 Å². The monoisotopic (exact) mass is 362 g/mol. The molecule has 0 N–H and O–H groups in total. The average molecular weight is 363 g/mol. The molecule has 2 nitrogen and oxygen atoms in total. The number of hydrogen-bond acceptors (Lipinski definition) is 1. The molecule has 4 rings (SSSR count). The summed E-state index contributed by atoms with van der Waals surface area (Å²) < 4.78 is 6.21. The lowest BCUT2D eigenvalue weighted by molar-refractivity contribution is 0.454. The van der Waals surface area contributed by atoms with Gasteiger partial charge < -0.3 is 4.74 Å². The lowest BCUT2D eigenvalue weighted by Gasteiger charge is -2.27. The molecular weight excluding hydrogens is 330 g/mol. The van der Waals surface area contributed by atoms with Gasteiger partial charge in [0.15, 0.2) is 11.5 Å². The number of benzene rings is 2. The van der Waals surface area contributed by atoms with Gasteiger partial charge in [-0.15, -0.1) is 0 Å². The molecule has 2 aliphatic rings. The Kier molecular flexibility index (Phi) is 6.01. The third-order valence-corrected chi connectivity index (χ3v) is 6.23. The fourth-order valence-electron chi connectivity index (χ4n) is 4.73. The van der Waals surface area contributed by atoms with Crippen LogP contribution in [0.2, 0.25) is 0 Å². The maximum absolute atomic E-state index is 6.21. The maximum Gasteiger partial charge on any atom is 0.153 e. The summed E-state index contributed by atoms with van der Waals surface area (Å²) in [6.07, 6.45) is 15.1. The Morgan fingerprint density at radius 1 is 0.741 bits per heavy atom. The average Bonchev–Trinajstić information content (AvgIpc) is 2.68. The highest BCUT2D eigenvalue weighted by Gasteiger charge is 2.26. The Bertz CT molecular complexity index is 755. The summed E-state index contributed by atoms with van der Waals surface area (Å²) in [5, 5.41) is 5.05. The fourth-order valence-corrected chi connectivity index (χ4v) is 4.73. The number of aryl methyl sites for hydroxylation is 1. The molecule has 2 heteroatoms. The zero-order chi connectivity index (χ0) is 18.5. The van der Waals surface area contributed by atoms with Gasteiger partial charge in [-0.25, -0.2) is 5.32 Å². The van der Waals surface area contributed by atoms with Crippen LogP contribution in [0.15, 0.2) is 36.4 Å². The van der Waals surface area contributed by atoms with Crippen molar-refractivity contribution < 1.29 is 4.74 Å². The van der Waals surface area contributed by atoms with Crippen LogP contribution in [0.5, 0.6) is 11.5 Å². The standard InChI is InChI=1S/C25H32NO/c1-19-17-18-23-25(26-21-15-11-12-16-22(21)27-23)24(19)20-13-9-7-5-3-2-4-6-8-10-14-20/h11-12,15-18,20H,2-10,13-14H2,1H3. The summed E-state index contributed by atoms with van der Waals surface area (Å²) in [6.45, 7) is 2.25. The van der Waals surface area contributed by atoms with Crippen molar-refractivity contribution in [3.63, 3.8) is 0 Å². The first-order valence-electron chi connectivity index (χ1n) is 10.9. The summed E-state index contributed by atoms with van der Waals surface area (Å²) in [6, 6.07) is 12.5. The summed E-state index contributed by atoms with van der Waals surface area (Å²) in [5.74, 6) is 2.41. The summed E-state index contributed by atoms with van der Waals surface area (Å²) in [4.78, 5) is 0. The topological polar surface area (TPSA) is 23.3 Å². The molecule has 1 heterocycles. The Hall–Kier alpha value is -1.96. The highest BCUT2D eigenvalue weighted by atomic mass is 16.5. The minimum Gasteiger partial charge on any atom is -0.453 e. The smallest absolute Gasteiger partial charge is 0.153 e. The van der Waals surface area contributed by atoms with Crippen LogP contribution in [0.3, 0.4) is 0 Å². The van der Waals surface area contributed by atoms with Gasteiger partial charge in [0.05, 0.1) is 0 Å². The van der Waals surface area contributed by atoms with Crippen molar-refractivity contribution in [1.82, 2.24) is 5.32 Å². The minimum absolute atomic E-state index is 0.608. The largest absolute Gasteiger partial charge is 0.453 e. The van der Waals surface area contributed by atoms with E-state index in [0.29, 0.717) is 5.92 Å². The molecule has 27 heavy (non-hydrogen) atoms. The molecule has 0 aromatic heterocycles. The number of rotatable bonds is 1. The van der Waals surface area contributed by atoms with Gasteiger partial charge in [-0.05, 0) is 55.0 Å². The van der Waals surface area contributed by atoms with Crippen LogP contribution in [0.1, 0.15) is 87.7 Å². The second-order valence-corrected chi connectivity index (χ2v) is 8.28. The Balaban J connectivity index is 1.61. The normalized spacial score (nSPS) is 18.9. The Morgan fingerprint density at radius 2 is 1.37 bits per heavy atom. The van der Waals surface area contributed by atoms with E-state index in [1.165, 1.54) is 81.8 Å². The van der Waals surface area contributed by atoms with Gasteiger partial charge in [0.2, 0.25) is 0 Å². The molecular formula is C25H32NO. The number of nitrogens with zero attached hydrogens (tertiary/aromatic N) is 1. The third-order valence-electron chi connectivity index (χ3n) is 6.23. The molecule has 0 spiro atoms. The highest BCUT2D eigenvalue weighted by molar-refractivity contribution is 5.72. The Labute approximate surface area is 164 Å². The molecule has 0 unspecified atom stereocenters. The molecule has 1 aliphatic carbocycles. The van der Waals surface area contributed by atoms with E-state index >= 15 is 0 Å². The molecule has 0 atom stereocenters. The van der Waals surface area contributed by atoms with E-state index in [2.05, 4.69) is 25.1 Å². The van der Waals surface area contributed by atoms with E-state index in [1.807, 2.05) is 18.2 Å². The van der Waals surface area contributed by atoms with Crippen molar-refractivity contribution in [2.24, 2.45) is 0 Å². The van der Waals surface area contributed by atoms with E-state index in [4.69, 9.17) is 10.1 Å². The van der Waals surface area contributed by atoms with Gasteiger partial charge in [-0.1, -0.05) is 76.0 Å². The van der Waals surface area contributed by atoms with Gasteiger partial charge in [0, 0.05) is 0 Å². The molecule has 1 saturated carbocycles. The van der Waals surface area contributed by atoms with Crippen molar-refractivity contribution in [1.29, 1.82) is 0 Å².